The Kier molecular flexibility index (Phi) is 3.88. The molecule has 124 valence electrons. The number of hydrogen-bond donors (Lipinski definition) is 0. The van der Waals surface area contributed by atoms with Gasteiger partial charge in [0, 0.05) is 12.0 Å². The summed E-state index contributed by atoms with van der Waals surface area (Å²) >= 11 is 0. The monoisotopic (exact) mass is 351 g/mol. The minimum atomic E-state index is -0.0846. The van der Waals surface area contributed by atoms with E-state index in [9.17, 15) is 0 Å². The van der Waals surface area contributed by atoms with Crippen LogP contribution in [0.5, 0.6) is 0 Å². The Hall–Kier alpha value is -2.77. The molecule has 0 aromatic heterocycles. The molecule has 1 aliphatic carbocycles. The van der Waals surface area contributed by atoms with Crippen molar-refractivity contribution >= 4 is 10.9 Å². The first kappa shape index (κ1) is 15.5. The highest BCUT2D eigenvalue weighted by atomic mass is 32.2. The molecular weight excluding hydrogens is 332 g/mol. The van der Waals surface area contributed by atoms with Gasteiger partial charge in [-0.3, -0.25) is 0 Å². The van der Waals surface area contributed by atoms with Crippen molar-refractivity contribution in [2.24, 2.45) is 0 Å². The normalized spacial score (nSPS) is 12.0. The Labute approximate surface area is 157 Å². The Balaban J connectivity index is 1.72. The fourth-order valence-electron chi connectivity index (χ4n) is 3.82. The molecule has 0 nitrogen and oxygen atoms in total. The third kappa shape index (κ3) is 2.56. The fourth-order valence-corrected chi connectivity index (χ4v) is 6.10. The molecule has 0 radical (unpaired) electrons. The molecule has 1 aliphatic rings. The predicted molar refractivity (Wildman–Crippen MR) is 110 cm³/mol. The number of rotatable bonds is 3. The summed E-state index contributed by atoms with van der Waals surface area (Å²) in [5.74, 6) is 0. The molecule has 0 spiro atoms. The summed E-state index contributed by atoms with van der Waals surface area (Å²) in [4.78, 5) is 4.21. The zero-order valence-electron chi connectivity index (χ0n) is 14.4. The van der Waals surface area contributed by atoms with Gasteiger partial charge in [-0.05, 0) is 47.0 Å². The maximum atomic E-state index is 2.33. The van der Waals surface area contributed by atoms with Crippen LogP contribution < -0.4 is 0 Å². The van der Waals surface area contributed by atoms with Crippen LogP contribution in [-0.4, -0.2) is 0 Å². The van der Waals surface area contributed by atoms with E-state index in [1.54, 1.807) is 0 Å². The van der Waals surface area contributed by atoms with Gasteiger partial charge in [-0.1, -0.05) is 72.8 Å². The summed E-state index contributed by atoms with van der Waals surface area (Å²) in [6, 6.07) is 37.5. The largest absolute Gasteiger partial charge is 0.170 e. The summed E-state index contributed by atoms with van der Waals surface area (Å²) in [5.41, 5.74) is 5.74. The van der Waals surface area contributed by atoms with Crippen LogP contribution in [0, 0.1) is 0 Å². The Morgan fingerprint density at radius 2 is 1.08 bits per heavy atom. The third-order valence-electron chi connectivity index (χ3n) is 4.99. The van der Waals surface area contributed by atoms with Gasteiger partial charge in [0.15, 0.2) is 14.7 Å². The number of fused-ring (bicyclic) bond motifs is 3. The molecule has 0 bridgehead atoms. The van der Waals surface area contributed by atoms with Gasteiger partial charge in [-0.25, -0.2) is 0 Å². The van der Waals surface area contributed by atoms with E-state index < -0.39 is 0 Å². The lowest BCUT2D eigenvalue weighted by Crippen LogP contribution is -2.07. The maximum Gasteiger partial charge on any atom is 0.170 e. The van der Waals surface area contributed by atoms with E-state index in [0.717, 1.165) is 6.42 Å². The van der Waals surface area contributed by atoms with Crippen LogP contribution in [0.25, 0.3) is 11.1 Å². The second-order valence-electron chi connectivity index (χ2n) is 6.55. The van der Waals surface area contributed by atoms with Crippen molar-refractivity contribution in [2.75, 3.05) is 0 Å². The molecule has 4 aromatic rings. The highest BCUT2D eigenvalue weighted by Gasteiger charge is 2.34. The Morgan fingerprint density at radius 1 is 0.500 bits per heavy atom. The van der Waals surface area contributed by atoms with Gasteiger partial charge < -0.3 is 0 Å². The first-order chi connectivity index (χ1) is 12.9. The molecule has 0 unspecified atom stereocenters. The molecule has 0 amide bonds. The van der Waals surface area contributed by atoms with Gasteiger partial charge in [-0.2, -0.15) is 0 Å². The summed E-state index contributed by atoms with van der Waals surface area (Å²) < 4.78 is 0. The van der Waals surface area contributed by atoms with Gasteiger partial charge in [0.25, 0.3) is 0 Å². The molecule has 0 aliphatic heterocycles. The summed E-state index contributed by atoms with van der Waals surface area (Å²) in [6.45, 7) is 0. The molecule has 0 saturated heterocycles. The van der Waals surface area contributed by atoms with Crippen molar-refractivity contribution < 1.29 is 0 Å². The second kappa shape index (κ2) is 6.51. The lowest BCUT2D eigenvalue weighted by atomic mass is 10.1. The topological polar surface area (TPSA) is 0 Å². The smallest absolute Gasteiger partial charge is 0.0619 e. The first-order valence-electron chi connectivity index (χ1n) is 8.96. The van der Waals surface area contributed by atoms with E-state index in [0.29, 0.717) is 0 Å². The van der Waals surface area contributed by atoms with Crippen molar-refractivity contribution in [2.45, 2.75) is 21.1 Å². The number of benzene rings is 4. The highest BCUT2D eigenvalue weighted by Crippen LogP contribution is 2.43. The predicted octanol–water partition coefficient (Wildman–Crippen LogP) is 6.35. The van der Waals surface area contributed by atoms with E-state index in [4.69, 9.17) is 0 Å². The quantitative estimate of drug-likeness (QED) is 0.332. The van der Waals surface area contributed by atoms with E-state index in [1.807, 2.05) is 0 Å². The summed E-state index contributed by atoms with van der Waals surface area (Å²) in [7, 11) is -0.0846. The van der Waals surface area contributed by atoms with Crippen molar-refractivity contribution in [3.8, 4) is 11.1 Å². The van der Waals surface area contributed by atoms with Gasteiger partial charge >= 0.3 is 0 Å². The Bertz CT molecular complexity index is 1010. The van der Waals surface area contributed by atoms with E-state index in [1.165, 1.54) is 36.9 Å². The molecule has 26 heavy (non-hydrogen) atoms. The molecule has 0 N–H and O–H groups in total. The molecule has 0 heterocycles. The summed E-state index contributed by atoms with van der Waals surface area (Å²) in [6.07, 6.45) is 1.03. The molecule has 0 saturated carbocycles. The van der Waals surface area contributed by atoms with Gasteiger partial charge in [0.05, 0.1) is 10.9 Å². The maximum absolute atomic E-state index is 2.33. The van der Waals surface area contributed by atoms with Crippen LogP contribution >= 0.6 is 0 Å². The standard InChI is InChI=1S/C25H19S/c1-3-11-20(12-4-1)26(21-13-5-2-6-14-21)25-17-9-16-23-22-15-8-7-10-19(22)18-24(23)25/h1-17H,18H2/q+1. The second-order valence-corrected chi connectivity index (χ2v) is 8.54. The lowest BCUT2D eigenvalue weighted by molar-refractivity contribution is 1.17. The van der Waals surface area contributed by atoms with Crippen LogP contribution in [-0.2, 0) is 17.3 Å². The van der Waals surface area contributed by atoms with Crippen molar-refractivity contribution in [3.63, 3.8) is 0 Å². The van der Waals surface area contributed by atoms with Gasteiger partial charge in [0.2, 0.25) is 0 Å². The molecular formula is C25H19S+. The molecule has 1 heteroatoms. The van der Waals surface area contributed by atoms with Crippen molar-refractivity contribution in [1.82, 2.24) is 0 Å². The average Bonchev–Trinajstić information content (AvgIpc) is 3.10. The third-order valence-corrected chi connectivity index (χ3v) is 7.29. The van der Waals surface area contributed by atoms with E-state index >= 15 is 0 Å². The molecule has 5 rings (SSSR count). The fraction of sp³-hybridized carbons (Fsp3) is 0.0400. The minimum absolute atomic E-state index is 0.0846. The van der Waals surface area contributed by atoms with Crippen LogP contribution in [0.2, 0.25) is 0 Å². The number of hydrogen-bond acceptors (Lipinski definition) is 0. The zero-order valence-corrected chi connectivity index (χ0v) is 15.2. The van der Waals surface area contributed by atoms with E-state index in [-0.39, 0.29) is 10.9 Å². The Morgan fingerprint density at radius 3 is 1.77 bits per heavy atom. The highest BCUT2D eigenvalue weighted by molar-refractivity contribution is 7.97. The zero-order chi connectivity index (χ0) is 17.3. The lowest BCUT2D eigenvalue weighted by Gasteiger charge is -2.11. The SMILES string of the molecule is c1ccc([S+](c2ccccc2)c2cccc3c2Cc2ccccc2-3)cc1. The van der Waals surface area contributed by atoms with Crippen molar-refractivity contribution in [1.29, 1.82) is 0 Å². The van der Waals surface area contributed by atoms with Crippen LogP contribution in [0.1, 0.15) is 11.1 Å². The minimum Gasteiger partial charge on any atom is -0.0619 e. The molecule has 0 fully saturated rings. The first-order valence-corrected chi connectivity index (χ1v) is 10.2. The average molecular weight is 351 g/mol. The van der Waals surface area contributed by atoms with Crippen LogP contribution in [0.3, 0.4) is 0 Å². The van der Waals surface area contributed by atoms with Gasteiger partial charge in [0.1, 0.15) is 0 Å². The van der Waals surface area contributed by atoms with Gasteiger partial charge in [-0.15, -0.1) is 0 Å². The summed E-state index contributed by atoms with van der Waals surface area (Å²) in [5, 5.41) is 0. The molecule has 0 atom stereocenters. The van der Waals surface area contributed by atoms with Crippen LogP contribution in [0.15, 0.2) is 118 Å². The molecule has 4 aromatic carbocycles. The van der Waals surface area contributed by atoms with Crippen molar-refractivity contribution in [3.05, 3.63) is 114 Å². The van der Waals surface area contributed by atoms with Crippen LogP contribution in [0.4, 0.5) is 0 Å². The van der Waals surface area contributed by atoms with E-state index in [2.05, 4.69) is 103 Å².